The first-order chi connectivity index (χ1) is 20.4. The minimum atomic E-state index is -1.32. The molecule has 0 unspecified atom stereocenters. The number of carbonyl (C=O) groups is 6. The highest BCUT2D eigenvalue weighted by Gasteiger charge is 2.32. The van der Waals surface area contributed by atoms with E-state index in [4.69, 9.17) is 10.8 Å². The van der Waals surface area contributed by atoms with Crippen LogP contribution in [0.3, 0.4) is 0 Å². The third kappa shape index (κ3) is 12.3. The second kappa shape index (κ2) is 17.2. The minimum Gasteiger partial charge on any atom is -0.481 e. The van der Waals surface area contributed by atoms with E-state index in [2.05, 4.69) is 21.3 Å². The van der Waals surface area contributed by atoms with Crippen molar-refractivity contribution in [2.24, 2.45) is 11.7 Å². The average molecular weight is 598 g/mol. The highest BCUT2D eigenvalue weighted by atomic mass is 16.4. The van der Waals surface area contributed by atoms with Gasteiger partial charge in [-0.15, -0.1) is 0 Å². The number of nitrogens with one attached hydrogen (secondary N) is 4. The summed E-state index contributed by atoms with van der Waals surface area (Å²) in [5.41, 5.74) is 7.53. The van der Waals surface area contributed by atoms with Gasteiger partial charge in [0.2, 0.25) is 23.6 Å². The van der Waals surface area contributed by atoms with Gasteiger partial charge in [-0.05, 0) is 29.9 Å². The molecule has 0 radical (unpaired) electrons. The highest BCUT2D eigenvalue weighted by Crippen LogP contribution is 2.09. The van der Waals surface area contributed by atoms with Gasteiger partial charge in [-0.2, -0.15) is 0 Å². The molecule has 0 heterocycles. The molecule has 0 saturated carbocycles. The molecule has 0 aliphatic carbocycles. The van der Waals surface area contributed by atoms with Gasteiger partial charge >= 0.3 is 11.9 Å². The number of amides is 4. The number of aliphatic carboxylic acids is 2. The van der Waals surface area contributed by atoms with Crippen molar-refractivity contribution < 1.29 is 39.0 Å². The van der Waals surface area contributed by atoms with Crippen molar-refractivity contribution >= 4 is 35.6 Å². The van der Waals surface area contributed by atoms with Crippen LogP contribution in [0.1, 0.15) is 37.8 Å². The van der Waals surface area contributed by atoms with E-state index in [1.807, 2.05) is 6.07 Å². The lowest BCUT2D eigenvalue weighted by Crippen LogP contribution is -2.59. The Bertz CT molecular complexity index is 1260. The van der Waals surface area contributed by atoms with E-state index in [9.17, 15) is 33.9 Å². The zero-order valence-corrected chi connectivity index (χ0v) is 24.1. The van der Waals surface area contributed by atoms with Gasteiger partial charge in [0.05, 0.1) is 6.04 Å². The Kier molecular flexibility index (Phi) is 13.8. The van der Waals surface area contributed by atoms with Gasteiger partial charge in [0.15, 0.2) is 0 Å². The van der Waals surface area contributed by atoms with E-state index in [1.54, 1.807) is 68.4 Å². The van der Waals surface area contributed by atoms with Crippen molar-refractivity contribution in [2.45, 2.75) is 63.7 Å². The number of carbonyl (C=O) groups excluding carboxylic acids is 4. The zero-order chi connectivity index (χ0) is 31.9. The number of hydrogen-bond donors (Lipinski definition) is 7. The topological polar surface area (TPSA) is 217 Å². The molecule has 0 saturated heterocycles. The molecular weight excluding hydrogens is 558 g/mol. The monoisotopic (exact) mass is 597 g/mol. The van der Waals surface area contributed by atoms with Crippen LogP contribution in [-0.4, -0.2) is 76.5 Å². The fraction of sp³-hybridized carbons (Fsp3) is 0.400. The summed E-state index contributed by atoms with van der Waals surface area (Å²) in [6.07, 6.45) is -0.523. The lowest BCUT2D eigenvalue weighted by atomic mass is 10.00. The highest BCUT2D eigenvalue weighted by molar-refractivity contribution is 5.95. The Morgan fingerprint density at radius 3 is 1.70 bits per heavy atom. The molecular formula is C30H39N5O8. The molecule has 0 bridgehead atoms. The molecule has 0 fully saturated rings. The van der Waals surface area contributed by atoms with E-state index in [0.717, 1.165) is 5.56 Å². The largest absolute Gasteiger partial charge is 0.481 e. The van der Waals surface area contributed by atoms with Crippen molar-refractivity contribution in [3.63, 3.8) is 0 Å². The molecule has 2 aromatic carbocycles. The molecule has 0 aliphatic rings. The summed E-state index contributed by atoms with van der Waals surface area (Å²) in [5, 5.41) is 28.0. The molecule has 0 aromatic heterocycles. The van der Waals surface area contributed by atoms with Crippen LogP contribution < -0.4 is 27.0 Å². The van der Waals surface area contributed by atoms with Gasteiger partial charge < -0.3 is 37.2 Å². The number of nitrogens with two attached hydrogens (primary N) is 1. The van der Waals surface area contributed by atoms with Crippen molar-refractivity contribution in [3.05, 3.63) is 71.8 Å². The number of rotatable bonds is 17. The van der Waals surface area contributed by atoms with Gasteiger partial charge in [-0.1, -0.05) is 74.5 Å². The van der Waals surface area contributed by atoms with Crippen molar-refractivity contribution in [2.75, 3.05) is 6.54 Å². The molecule has 0 aliphatic heterocycles. The second-order valence-corrected chi connectivity index (χ2v) is 10.4. The SMILES string of the molecule is CC(C)[C@H](NC(=O)[C@H](Cc1ccccc1)NC(=O)[C@H](CCC(=O)O)NC(=O)[C@@H](N)Cc1ccccc1)C(=O)NCC(=O)O. The molecule has 4 atom stereocenters. The summed E-state index contributed by atoms with van der Waals surface area (Å²) < 4.78 is 0. The summed E-state index contributed by atoms with van der Waals surface area (Å²) in [6, 6.07) is 13.0. The third-order valence-electron chi connectivity index (χ3n) is 6.49. The summed E-state index contributed by atoms with van der Waals surface area (Å²) in [4.78, 5) is 74.6. The molecule has 13 heteroatoms. The maximum absolute atomic E-state index is 13.4. The van der Waals surface area contributed by atoms with Gasteiger partial charge in [0.25, 0.3) is 0 Å². The van der Waals surface area contributed by atoms with Crippen LogP contribution >= 0.6 is 0 Å². The maximum Gasteiger partial charge on any atom is 0.322 e. The van der Waals surface area contributed by atoms with Crippen molar-refractivity contribution in [1.82, 2.24) is 21.3 Å². The summed E-state index contributed by atoms with van der Waals surface area (Å²) in [7, 11) is 0. The smallest absolute Gasteiger partial charge is 0.322 e. The van der Waals surface area contributed by atoms with Crippen LogP contribution in [0.2, 0.25) is 0 Å². The van der Waals surface area contributed by atoms with E-state index in [0.29, 0.717) is 5.56 Å². The maximum atomic E-state index is 13.4. The molecule has 232 valence electrons. The van der Waals surface area contributed by atoms with Crippen LogP contribution in [-0.2, 0) is 41.6 Å². The Hall–Kier alpha value is -4.78. The minimum absolute atomic E-state index is 0.00704. The van der Waals surface area contributed by atoms with Crippen LogP contribution in [0.25, 0.3) is 0 Å². The van der Waals surface area contributed by atoms with Crippen LogP contribution in [0.4, 0.5) is 0 Å². The Balaban J connectivity index is 2.24. The van der Waals surface area contributed by atoms with E-state index in [1.165, 1.54) is 0 Å². The molecule has 2 aromatic rings. The van der Waals surface area contributed by atoms with Gasteiger partial charge in [0, 0.05) is 12.8 Å². The predicted molar refractivity (Wildman–Crippen MR) is 156 cm³/mol. The number of carboxylic acids is 2. The fourth-order valence-electron chi connectivity index (χ4n) is 4.17. The number of benzene rings is 2. The summed E-state index contributed by atoms with van der Waals surface area (Å²) in [6.45, 7) is 2.68. The number of hydrogen-bond acceptors (Lipinski definition) is 7. The van der Waals surface area contributed by atoms with Crippen LogP contribution in [0.15, 0.2) is 60.7 Å². The van der Waals surface area contributed by atoms with E-state index in [-0.39, 0.29) is 19.3 Å². The standard InChI is InChI=1S/C30H39N5O8/c1-18(2)26(30(43)32-17-25(38)39)35-29(42)23(16-20-11-7-4-8-12-20)34-28(41)22(13-14-24(36)37)33-27(40)21(31)15-19-9-5-3-6-10-19/h3-12,18,21-23,26H,13-17,31H2,1-2H3,(H,32,43)(H,33,40)(H,34,41)(H,35,42)(H,36,37)(H,38,39)/t21-,22-,23-,26-/m0/s1. The first-order valence-corrected chi connectivity index (χ1v) is 13.8. The molecule has 13 nitrogen and oxygen atoms in total. The van der Waals surface area contributed by atoms with Crippen molar-refractivity contribution in [3.8, 4) is 0 Å². The molecule has 0 spiro atoms. The fourth-order valence-corrected chi connectivity index (χ4v) is 4.17. The normalized spacial score (nSPS) is 13.6. The Morgan fingerprint density at radius 2 is 1.19 bits per heavy atom. The lowest BCUT2D eigenvalue weighted by Gasteiger charge is -2.27. The molecule has 43 heavy (non-hydrogen) atoms. The van der Waals surface area contributed by atoms with Gasteiger partial charge in [-0.25, -0.2) is 0 Å². The second-order valence-electron chi connectivity index (χ2n) is 10.4. The van der Waals surface area contributed by atoms with Crippen molar-refractivity contribution in [1.29, 1.82) is 0 Å². The van der Waals surface area contributed by atoms with Gasteiger partial charge in [-0.3, -0.25) is 28.8 Å². The van der Waals surface area contributed by atoms with E-state index < -0.39 is 78.6 Å². The first kappa shape index (κ1) is 34.4. The van der Waals surface area contributed by atoms with Crippen LogP contribution in [0, 0.1) is 5.92 Å². The number of carboxylic acid groups (broad SMARTS) is 2. The van der Waals surface area contributed by atoms with Gasteiger partial charge in [0.1, 0.15) is 24.7 Å². The summed E-state index contributed by atoms with van der Waals surface area (Å²) in [5.74, 6) is -5.80. The predicted octanol–water partition coefficient (Wildman–Crippen LogP) is -0.0249. The molecule has 8 N–H and O–H groups in total. The zero-order valence-electron chi connectivity index (χ0n) is 24.1. The average Bonchev–Trinajstić information content (AvgIpc) is 2.96. The Morgan fingerprint density at radius 1 is 0.674 bits per heavy atom. The van der Waals surface area contributed by atoms with Crippen LogP contribution in [0.5, 0.6) is 0 Å². The molecule has 2 rings (SSSR count). The molecule has 4 amide bonds. The third-order valence-corrected chi connectivity index (χ3v) is 6.49. The Labute approximate surface area is 249 Å². The first-order valence-electron chi connectivity index (χ1n) is 13.8. The lowest BCUT2D eigenvalue weighted by molar-refractivity contribution is -0.139. The quantitative estimate of drug-likeness (QED) is 0.130. The summed E-state index contributed by atoms with van der Waals surface area (Å²) >= 11 is 0. The van der Waals surface area contributed by atoms with E-state index >= 15 is 0 Å².